The van der Waals surface area contributed by atoms with Gasteiger partial charge in [-0.25, -0.2) is 0 Å². The van der Waals surface area contributed by atoms with Crippen molar-refractivity contribution >= 4 is 21.7 Å². The zero-order valence-electron chi connectivity index (χ0n) is 6.32. The first-order valence-electron chi connectivity index (χ1n) is 3.78. The summed E-state index contributed by atoms with van der Waals surface area (Å²) >= 11 is 3.39. The third-order valence-electron chi connectivity index (χ3n) is 2.35. The lowest BCUT2D eigenvalue weighted by Gasteiger charge is -2.29. The Kier molecular flexibility index (Phi) is 2.50. The summed E-state index contributed by atoms with van der Waals surface area (Å²) in [7, 11) is 0. The molecule has 0 aromatic rings. The van der Waals surface area contributed by atoms with E-state index in [1.165, 1.54) is 6.42 Å². The number of alkyl halides is 1. The molecule has 0 bridgehead atoms. The van der Waals surface area contributed by atoms with Crippen molar-refractivity contribution in [2.45, 2.75) is 32.6 Å². The number of Topliss-reactive ketones (excluding diaryl/α,β-unsaturated/α-hetero) is 1. The van der Waals surface area contributed by atoms with Crippen molar-refractivity contribution in [1.82, 2.24) is 0 Å². The van der Waals surface area contributed by atoms with Crippen LogP contribution in [0.4, 0.5) is 0 Å². The minimum Gasteiger partial charge on any atom is -0.299 e. The van der Waals surface area contributed by atoms with E-state index in [4.69, 9.17) is 0 Å². The molecular weight excluding hydrogens is 192 g/mol. The highest BCUT2D eigenvalue weighted by Crippen LogP contribution is 2.33. The molecular formula is C8H13BrO. The van der Waals surface area contributed by atoms with E-state index in [0.29, 0.717) is 5.78 Å². The minimum absolute atomic E-state index is 0.0434. The van der Waals surface area contributed by atoms with Crippen LogP contribution in [0.15, 0.2) is 0 Å². The van der Waals surface area contributed by atoms with Crippen LogP contribution < -0.4 is 0 Å². The number of hydrogen-bond donors (Lipinski definition) is 0. The molecule has 0 aliphatic heterocycles. The third kappa shape index (κ3) is 1.42. The SMILES string of the molecule is CC1(CBr)CCCCC1=O. The summed E-state index contributed by atoms with van der Waals surface area (Å²) in [6.07, 6.45) is 4.18. The first-order chi connectivity index (χ1) is 4.69. The Bertz CT molecular complexity index is 144. The molecule has 0 saturated heterocycles. The topological polar surface area (TPSA) is 17.1 Å². The minimum atomic E-state index is -0.0434. The fraction of sp³-hybridized carbons (Fsp3) is 0.875. The summed E-state index contributed by atoms with van der Waals surface area (Å²) in [5.41, 5.74) is -0.0434. The van der Waals surface area contributed by atoms with Gasteiger partial charge in [-0.1, -0.05) is 29.3 Å². The van der Waals surface area contributed by atoms with Gasteiger partial charge < -0.3 is 0 Å². The van der Waals surface area contributed by atoms with Gasteiger partial charge in [0.25, 0.3) is 0 Å². The van der Waals surface area contributed by atoms with Gasteiger partial charge in [-0.05, 0) is 12.8 Å². The van der Waals surface area contributed by atoms with Gasteiger partial charge in [-0.2, -0.15) is 0 Å². The van der Waals surface area contributed by atoms with Crippen LogP contribution in [0.3, 0.4) is 0 Å². The molecule has 1 aliphatic rings. The average molecular weight is 205 g/mol. The Balaban J connectivity index is 2.63. The third-order valence-corrected chi connectivity index (χ3v) is 3.59. The standard InChI is InChI=1S/C8H13BrO/c1-8(6-9)5-3-2-4-7(8)10/h2-6H2,1H3. The quantitative estimate of drug-likeness (QED) is 0.601. The summed E-state index contributed by atoms with van der Waals surface area (Å²) in [4.78, 5) is 11.3. The molecule has 0 heterocycles. The lowest BCUT2D eigenvalue weighted by atomic mass is 9.76. The highest BCUT2D eigenvalue weighted by atomic mass is 79.9. The largest absolute Gasteiger partial charge is 0.299 e. The number of carbonyl (C=O) groups is 1. The highest BCUT2D eigenvalue weighted by molar-refractivity contribution is 9.09. The molecule has 0 aromatic carbocycles. The van der Waals surface area contributed by atoms with E-state index in [2.05, 4.69) is 22.9 Å². The van der Waals surface area contributed by atoms with Crippen molar-refractivity contribution in [3.05, 3.63) is 0 Å². The van der Waals surface area contributed by atoms with Gasteiger partial charge in [0.2, 0.25) is 0 Å². The molecule has 0 aromatic heterocycles. The molecule has 0 spiro atoms. The Hall–Kier alpha value is 0.150. The maximum absolute atomic E-state index is 11.3. The lowest BCUT2D eigenvalue weighted by Crippen LogP contribution is -2.32. The Morgan fingerprint density at radius 2 is 2.30 bits per heavy atom. The molecule has 0 amide bonds. The highest BCUT2D eigenvalue weighted by Gasteiger charge is 2.33. The van der Waals surface area contributed by atoms with Crippen LogP contribution >= 0.6 is 15.9 Å². The molecule has 0 N–H and O–H groups in total. The van der Waals surface area contributed by atoms with Crippen LogP contribution in [0.1, 0.15) is 32.6 Å². The molecule has 1 unspecified atom stereocenters. The van der Waals surface area contributed by atoms with E-state index in [1.54, 1.807) is 0 Å². The van der Waals surface area contributed by atoms with E-state index in [9.17, 15) is 4.79 Å². The first kappa shape index (κ1) is 8.25. The molecule has 0 radical (unpaired) electrons. The van der Waals surface area contributed by atoms with Gasteiger partial charge in [0.1, 0.15) is 5.78 Å². The zero-order chi connectivity index (χ0) is 7.61. The predicted octanol–water partition coefficient (Wildman–Crippen LogP) is 2.53. The number of hydrogen-bond acceptors (Lipinski definition) is 1. The molecule has 1 saturated carbocycles. The lowest BCUT2D eigenvalue weighted by molar-refractivity contribution is -0.128. The number of halogens is 1. The van der Waals surface area contributed by atoms with Crippen molar-refractivity contribution < 1.29 is 4.79 Å². The van der Waals surface area contributed by atoms with Gasteiger partial charge in [0.05, 0.1) is 0 Å². The molecule has 1 atom stereocenters. The summed E-state index contributed by atoms with van der Waals surface area (Å²) in [5, 5.41) is 0.832. The predicted molar refractivity (Wildman–Crippen MR) is 45.4 cm³/mol. The van der Waals surface area contributed by atoms with Crippen LogP contribution in [0.5, 0.6) is 0 Å². The molecule has 2 heteroatoms. The van der Waals surface area contributed by atoms with Gasteiger partial charge in [0.15, 0.2) is 0 Å². The Labute approximate surface area is 70.3 Å². The summed E-state index contributed by atoms with van der Waals surface area (Å²) in [6, 6.07) is 0. The first-order valence-corrected chi connectivity index (χ1v) is 4.90. The zero-order valence-corrected chi connectivity index (χ0v) is 7.91. The van der Waals surface area contributed by atoms with Crippen LogP contribution in [0.2, 0.25) is 0 Å². The van der Waals surface area contributed by atoms with Crippen LogP contribution in [-0.2, 0) is 4.79 Å². The number of carbonyl (C=O) groups excluding carboxylic acids is 1. The second kappa shape index (κ2) is 3.04. The molecule has 10 heavy (non-hydrogen) atoms. The van der Waals surface area contributed by atoms with Crippen molar-refractivity contribution in [1.29, 1.82) is 0 Å². The number of rotatable bonds is 1. The normalized spacial score (nSPS) is 34.4. The van der Waals surface area contributed by atoms with Crippen molar-refractivity contribution in [3.63, 3.8) is 0 Å². The van der Waals surface area contributed by atoms with Gasteiger partial charge >= 0.3 is 0 Å². The van der Waals surface area contributed by atoms with E-state index < -0.39 is 0 Å². The fourth-order valence-electron chi connectivity index (χ4n) is 1.38. The van der Waals surface area contributed by atoms with Crippen molar-refractivity contribution in [2.24, 2.45) is 5.41 Å². The average Bonchev–Trinajstić information content (AvgIpc) is 1.96. The van der Waals surface area contributed by atoms with Crippen LogP contribution in [0, 0.1) is 5.41 Å². The summed E-state index contributed by atoms with van der Waals surface area (Å²) < 4.78 is 0. The van der Waals surface area contributed by atoms with Crippen LogP contribution in [0.25, 0.3) is 0 Å². The maximum atomic E-state index is 11.3. The Morgan fingerprint density at radius 3 is 2.70 bits per heavy atom. The second-order valence-corrected chi connectivity index (χ2v) is 3.89. The molecule has 58 valence electrons. The van der Waals surface area contributed by atoms with Gasteiger partial charge in [0, 0.05) is 17.2 Å². The second-order valence-electron chi connectivity index (χ2n) is 3.32. The van der Waals surface area contributed by atoms with Gasteiger partial charge in [-0.15, -0.1) is 0 Å². The Morgan fingerprint density at radius 1 is 1.60 bits per heavy atom. The molecule has 1 aliphatic carbocycles. The van der Waals surface area contributed by atoms with Gasteiger partial charge in [-0.3, -0.25) is 4.79 Å². The van der Waals surface area contributed by atoms with E-state index in [1.807, 2.05) is 0 Å². The van der Waals surface area contributed by atoms with E-state index in [-0.39, 0.29) is 5.41 Å². The molecule has 1 rings (SSSR count). The van der Waals surface area contributed by atoms with E-state index in [0.717, 1.165) is 24.6 Å². The van der Waals surface area contributed by atoms with Crippen LogP contribution in [-0.4, -0.2) is 11.1 Å². The monoisotopic (exact) mass is 204 g/mol. The summed E-state index contributed by atoms with van der Waals surface area (Å²) in [5.74, 6) is 0.440. The maximum Gasteiger partial charge on any atom is 0.139 e. The number of ketones is 1. The van der Waals surface area contributed by atoms with Crippen molar-refractivity contribution in [2.75, 3.05) is 5.33 Å². The smallest absolute Gasteiger partial charge is 0.139 e. The fourth-order valence-corrected chi connectivity index (χ4v) is 1.98. The van der Waals surface area contributed by atoms with Crippen molar-refractivity contribution in [3.8, 4) is 0 Å². The van der Waals surface area contributed by atoms with E-state index >= 15 is 0 Å². The summed E-state index contributed by atoms with van der Waals surface area (Å²) in [6.45, 7) is 2.06. The molecule has 1 fully saturated rings. The molecule has 1 nitrogen and oxygen atoms in total.